The Kier molecular flexibility index (Phi) is 3.99. The fraction of sp³-hybridized carbons (Fsp3) is 0.238. The maximum Gasteiger partial charge on any atom is 0.144 e. The molecule has 0 amide bonds. The molecule has 1 saturated heterocycles. The van der Waals surface area contributed by atoms with Crippen molar-refractivity contribution >= 4 is 22.3 Å². The molecule has 25 heavy (non-hydrogen) atoms. The van der Waals surface area contributed by atoms with Crippen LogP contribution in [-0.4, -0.2) is 18.1 Å². The maximum absolute atomic E-state index is 9.54. The van der Waals surface area contributed by atoms with Crippen LogP contribution in [0.2, 0.25) is 0 Å². The molecule has 3 aromatic rings. The van der Waals surface area contributed by atoms with E-state index in [2.05, 4.69) is 46.3 Å². The minimum Gasteiger partial charge on any atom is -0.383 e. The first-order chi connectivity index (χ1) is 12.3. The largest absolute Gasteiger partial charge is 0.383 e. The molecule has 124 valence electrons. The van der Waals surface area contributed by atoms with E-state index in [1.54, 1.807) is 0 Å². The van der Waals surface area contributed by atoms with Gasteiger partial charge < -0.3 is 10.6 Å². The van der Waals surface area contributed by atoms with Crippen molar-refractivity contribution in [1.82, 2.24) is 4.98 Å². The molecular weight excluding hydrogens is 308 g/mol. The summed E-state index contributed by atoms with van der Waals surface area (Å²) in [5, 5.41) is 11.9. The minimum atomic E-state index is 0.314. The standard InChI is InChI=1S/C21H20N4/c22-14-18-20(25-10-4-1-5-11-25)13-19(24-21(18)23)17-9-8-15-6-2-3-7-16(15)12-17/h2-3,6-9,12-13H,1,4-5,10-11H2,(H2,23,24). The quantitative estimate of drug-likeness (QED) is 0.759. The van der Waals surface area contributed by atoms with Crippen molar-refractivity contribution in [2.75, 3.05) is 23.7 Å². The molecule has 0 unspecified atom stereocenters. The van der Waals surface area contributed by atoms with Crippen molar-refractivity contribution in [3.05, 3.63) is 54.1 Å². The van der Waals surface area contributed by atoms with E-state index in [-0.39, 0.29) is 0 Å². The SMILES string of the molecule is N#Cc1c(N2CCCCC2)cc(-c2ccc3ccccc3c2)nc1N. The summed E-state index contributed by atoms with van der Waals surface area (Å²) in [6.45, 7) is 1.94. The monoisotopic (exact) mass is 328 g/mol. The third-order valence-electron chi connectivity index (χ3n) is 4.88. The molecule has 2 aromatic carbocycles. The number of nitrogen functional groups attached to an aromatic ring is 1. The second-order valence-corrected chi connectivity index (χ2v) is 6.51. The van der Waals surface area contributed by atoms with Gasteiger partial charge in [0, 0.05) is 18.7 Å². The number of rotatable bonds is 2. The van der Waals surface area contributed by atoms with Crippen LogP contribution in [0, 0.1) is 11.3 Å². The Morgan fingerprint density at radius 3 is 2.48 bits per heavy atom. The molecule has 1 aliphatic rings. The second kappa shape index (κ2) is 6.45. The molecule has 0 radical (unpaired) electrons. The van der Waals surface area contributed by atoms with E-state index in [1.165, 1.54) is 17.2 Å². The van der Waals surface area contributed by atoms with Crippen LogP contribution in [0.3, 0.4) is 0 Å². The lowest BCUT2D eigenvalue weighted by molar-refractivity contribution is 0.577. The maximum atomic E-state index is 9.54. The van der Waals surface area contributed by atoms with Crippen LogP contribution >= 0.6 is 0 Å². The predicted octanol–water partition coefficient (Wildman–Crippen LogP) is 4.35. The number of nitrogens with two attached hydrogens (primary N) is 1. The molecule has 2 N–H and O–H groups in total. The average Bonchev–Trinajstić information content (AvgIpc) is 2.67. The number of pyridine rings is 1. The van der Waals surface area contributed by atoms with Gasteiger partial charge in [-0.1, -0.05) is 36.4 Å². The van der Waals surface area contributed by atoms with Gasteiger partial charge in [0.15, 0.2) is 0 Å². The first-order valence-electron chi connectivity index (χ1n) is 8.71. The summed E-state index contributed by atoms with van der Waals surface area (Å²) < 4.78 is 0. The Labute approximate surface area is 147 Å². The van der Waals surface area contributed by atoms with Crippen LogP contribution in [-0.2, 0) is 0 Å². The third-order valence-corrected chi connectivity index (χ3v) is 4.88. The zero-order valence-electron chi connectivity index (χ0n) is 14.1. The number of piperidine rings is 1. The van der Waals surface area contributed by atoms with Crippen molar-refractivity contribution in [3.63, 3.8) is 0 Å². The number of anilines is 2. The molecule has 0 aliphatic carbocycles. The van der Waals surface area contributed by atoms with E-state index >= 15 is 0 Å². The number of hydrogen-bond acceptors (Lipinski definition) is 4. The number of hydrogen-bond donors (Lipinski definition) is 1. The van der Waals surface area contributed by atoms with Gasteiger partial charge in [-0.3, -0.25) is 0 Å². The number of nitrogens with zero attached hydrogens (tertiary/aromatic N) is 3. The Morgan fingerprint density at radius 2 is 1.72 bits per heavy atom. The van der Waals surface area contributed by atoms with Gasteiger partial charge in [-0.25, -0.2) is 4.98 Å². The highest BCUT2D eigenvalue weighted by Crippen LogP contribution is 2.32. The summed E-state index contributed by atoms with van der Waals surface area (Å²) in [6, 6.07) is 18.8. The van der Waals surface area contributed by atoms with E-state index in [9.17, 15) is 5.26 Å². The topological polar surface area (TPSA) is 65.9 Å². The number of benzene rings is 2. The summed E-state index contributed by atoms with van der Waals surface area (Å²) in [5.74, 6) is 0.314. The summed E-state index contributed by atoms with van der Waals surface area (Å²) in [6.07, 6.45) is 3.55. The molecule has 0 saturated carbocycles. The molecule has 1 aliphatic heterocycles. The van der Waals surface area contributed by atoms with E-state index in [1.807, 2.05) is 18.2 Å². The van der Waals surface area contributed by atoms with Crippen LogP contribution < -0.4 is 10.6 Å². The average molecular weight is 328 g/mol. The highest BCUT2D eigenvalue weighted by molar-refractivity contribution is 5.87. The molecule has 0 atom stereocenters. The molecule has 0 bridgehead atoms. The highest BCUT2D eigenvalue weighted by Gasteiger charge is 2.19. The molecule has 2 heterocycles. The van der Waals surface area contributed by atoms with E-state index in [4.69, 9.17) is 5.73 Å². The smallest absolute Gasteiger partial charge is 0.144 e. The molecule has 4 nitrogen and oxygen atoms in total. The van der Waals surface area contributed by atoms with Crippen LogP contribution in [0.15, 0.2) is 48.5 Å². The van der Waals surface area contributed by atoms with Crippen molar-refractivity contribution in [1.29, 1.82) is 5.26 Å². The van der Waals surface area contributed by atoms with Gasteiger partial charge in [-0.15, -0.1) is 0 Å². The first-order valence-corrected chi connectivity index (χ1v) is 8.71. The van der Waals surface area contributed by atoms with E-state index in [0.29, 0.717) is 11.4 Å². The van der Waals surface area contributed by atoms with Gasteiger partial charge in [-0.05, 0) is 42.2 Å². The normalized spacial score (nSPS) is 14.4. The zero-order chi connectivity index (χ0) is 17.2. The van der Waals surface area contributed by atoms with Gasteiger partial charge >= 0.3 is 0 Å². The number of fused-ring (bicyclic) bond motifs is 1. The molecule has 1 fully saturated rings. The van der Waals surface area contributed by atoms with Crippen molar-refractivity contribution < 1.29 is 0 Å². The van der Waals surface area contributed by atoms with Gasteiger partial charge in [0.05, 0.1) is 11.4 Å². The Bertz CT molecular complexity index is 965. The van der Waals surface area contributed by atoms with Crippen LogP contribution in [0.25, 0.3) is 22.0 Å². The number of nitriles is 1. The highest BCUT2D eigenvalue weighted by atomic mass is 15.1. The molecule has 4 rings (SSSR count). The fourth-order valence-corrected chi connectivity index (χ4v) is 3.55. The molecular formula is C21H20N4. The van der Waals surface area contributed by atoms with Crippen LogP contribution in [0.1, 0.15) is 24.8 Å². The number of aromatic nitrogens is 1. The lowest BCUT2D eigenvalue weighted by Gasteiger charge is -2.30. The Morgan fingerprint density at radius 1 is 0.960 bits per heavy atom. The lowest BCUT2D eigenvalue weighted by Crippen LogP contribution is -2.30. The van der Waals surface area contributed by atoms with Crippen molar-refractivity contribution in [3.8, 4) is 17.3 Å². The third kappa shape index (κ3) is 2.89. The second-order valence-electron chi connectivity index (χ2n) is 6.51. The van der Waals surface area contributed by atoms with E-state index in [0.717, 1.165) is 42.9 Å². The zero-order valence-corrected chi connectivity index (χ0v) is 14.1. The molecule has 0 spiro atoms. The first kappa shape index (κ1) is 15.5. The summed E-state index contributed by atoms with van der Waals surface area (Å²) in [5.41, 5.74) is 9.38. The van der Waals surface area contributed by atoms with Gasteiger partial charge in [0.2, 0.25) is 0 Å². The fourth-order valence-electron chi connectivity index (χ4n) is 3.55. The minimum absolute atomic E-state index is 0.314. The van der Waals surface area contributed by atoms with Crippen LogP contribution in [0.5, 0.6) is 0 Å². The van der Waals surface area contributed by atoms with E-state index < -0.39 is 0 Å². The summed E-state index contributed by atoms with van der Waals surface area (Å²) in [4.78, 5) is 6.77. The molecule has 1 aromatic heterocycles. The van der Waals surface area contributed by atoms with Crippen molar-refractivity contribution in [2.45, 2.75) is 19.3 Å². The Balaban J connectivity index is 1.83. The summed E-state index contributed by atoms with van der Waals surface area (Å²) >= 11 is 0. The lowest BCUT2D eigenvalue weighted by atomic mass is 10.0. The summed E-state index contributed by atoms with van der Waals surface area (Å²) in [7, 11) is 0. The predicted molar refractivity (Wildman–Crippen MR) is 102 cm³/mol. The van der Waals surface area contributed by atoms with Gasteiger partial charge in [-0.2, -0.15) is 5.26 Å². The van der Waals surface area contributed by atoms with Crippen LogP contribution in [0.4, 0.5) is 11.5 Å². The molecule has 4 heteroatoms. The van der Waals surface area contributed by atoms with Gasteiger partial charge in [0.1, 0.15) is 17.5 Å². The van der Waals surface area contributed by atoms with Gasteiger partial charge in [0.25, 0.3) is 0 Å². The van der Waals surface area contributed by atoms with Crippen molar-refractivity contribution in [2.24, 2.45) is 0 Å². The Hall–Kier alpha value is -3.06.